The van der Waals surface area contributed by atoms with Crippen LogP contribution in [0, 0.1) is 11.3 Å². The fraction of sp³-hybridized carbons (Fsp3) is 0.562. The maximum atomic E-state index is 12.0. The third-order valence-corrected chi connectivity index (χ3v) is 3.56. The van der Waals surface area contributed by atoms with Crippen molar-refractivity contribution in [3.8, 4) is 0 Å². The average molecular weight is 247 g/mol. The summed E-state index contributed by atoms with van der Waals surface area (Å²) in [5.74, 6) is 0.747. The molecule has 0 spiro atoms. The first-order chi connectivity index (χ1) is 8.45. The summed E-state index contributed by atoms with van der Waals surface area (Å²) in [6, 6.07) is 9.53. The molecule has 0 amide bonds. The third-order valence-electron chi connectivity index (χ3n) is 3.56. The number of nitrogens with two attached hydrogens (primary N) is 1. The van der Waals surface area contributed by atoms with Gasteiger partial charge < -0.3 is 5.73 Å². The molecule has 2 heteroatoms. The van der Waals surface area contributed by atoms with Crippen molar-refractivity contribution in [2.45, 2.75) is 40.0 Å². The lowest BCUT2D eigenvalue weighted by Gasteiger charge is -2.30. The Balaban J connectivity index is 2.55. The van der Waals surface area contributed by atoms with E-state index in [4.69, 9.17) is 5.73 Å². The topological polar surface area (TPSA) is 43.1 Å². The minimum absolute atomic E-state index is 0.219. The monoisotopic (exact) mass is 247 g/mol. The van der Waals surface area contributed by atoms with Crippen molar-refractivity contribution < 1.29 is 4.79 Å². The number of ketones is 1. The van der Waals surface area contributed by atoms with Crippen molar-refractivity contribution in [3.05, 3.63) is 35.9 Å². The molecule has 0 radical (unpaired) electrons. The second kappa shape index (κ2) is 6.69. The van der Waals surface area contributed by atoms with Crippen molar-refractivity contribution >= 4 is 5.78 Å². The highest BCUT2D eigenvalue weighted by Gasteiger charge is 2.24. The Hall–Kier alpha value is -1.15. The van der Waals surface area contributed by atoms with Crippen LogP contribution < -0.4 is 5.73 Å². The summed E-state index contributed by atoms with van der Waals surface area (Å²) >= 11 is 0. The van der Waals surface area contributed by atoms with Gasteiger partial charge in [-0.2, -0.15) is 0 Å². The fourth-order valence-corrected chi connectivity index (χ4v) is 2.29. The average Bonchev–Trinajstić information content (AvgIpc) is 2.33. The molecule has 0 saturated heterocycles. The Morgan fingerprint density at radius 2 is 1.78 bits per heavy atom. The predicted octanol–water partition coefficient (Wildman–Crippen LogP) is 3.66. The smallest absolute Gasteiger partial charge is 0.162 e. The molecule has 0 saturated carbocycles. The van der Waals surface area contributed by atoms with Crippen molar-refractivity contribution in [1.82, 2.24) is 0 Å². The highest BCUT2D eigenvalue weighted by molar-refractivity contribution is 5.95. The largest absolute Gasteiger partial charge is 0.330 e. The first-order valence-corrected chi connectivity index (χ1v) is 6.73. The van der Waals surface area contributed by atoms with Crippen LogP contribution in [-0.4, -0.2) is 12.3 Å². The van der Waals surface area contributed by atoms with E-state index in [1.54, 1.807) is 0 Å². The van der Waals surface area contributed by atoms with E-state index < -0.39 is 0 Å². The second-order valence-corrected chi connectivity index (χ2v) is 5.97. The van der Waals surface area contributed by atoms with Gasteiger partial charge >= 0.3 is 0 Å². The molecule has 100 valence electrons. The number of benzene rings is 1. The van der Waals surface area contributed by atoms with Gasteiger partial charge in [0.1, 0.15) is 0 Å². The minimum Gasteiger partial charge on any atom is -0.330 e. The van der Waals surface area contributed by atoms with Gasteiger partial charge in [-0.05, 0) is 30.7 Å². The molecule has 0 bridgehead atoms. The summed E-state index contributed by atoms with van der Waals surface area (Å²) in [6.07, 6.45) is 2.53. The molecule has 0 aliphatic rings. The minimum atomic E-state index is 0.219. The molecular weight excluding hydrogens is 222 g/mol. The van der Waals surface area contributed by atoms with Gasteiger partial charge in [0, 0.05) is 12.0 Å². The standard InChI is InChI=1S/C16H25NO/c1-16(2,3)14(11-12-17)9-10-15(18)13-7-5-4-6-8-13/h4-8,14H,9-12,17H2,1-3H3. The summed E-state index contributed by atoms with van der Waals surface area (Å²) in [7, 11) is 0. The molecule has 0 fully saturated rings. The maximum absolute atomic E-state index is 12.0. The van der Waals surface area contributed by atoms with Crippen molar-refractivity contribution in [2.75, 3.05) is 6.54 Å². The Morgan fingerprint density at radius 1 is 1.17 bits per heavy atom. The van der Waals surface area contributed by atoms with Gasteiger partial charge in [0.15, 0.2) is 5.78 Å². The highest BCUT2D eigenvalue weighted by Crippen LogP contribution is 2.32. The van der Waals surface area contributed by atoms with Gasteiger partial charge in [0.05, 0.1) is 0 Å². The molecule has 2 nitrogen and oxygen atoms in total. The zero-order valence-corrected chi connectivity index (χ0v) is 11.8. The number of carbonyl (C=O) groups excluding carboxylic acids is 1. The number of hydrogen-bond donors (Lipinski definition) is 1. The van der Waals surface area contributed by atoms with E-state index in [2.05, 4.69) is 20.8 Å². The predicted molar refractivity (Wildman–Crippen MR) is 76.6 cm³/mol. The molecule has 2 N–H and O–H groups in total. The van der Waals surface area contributed by atoms with Crippen LogP contribution in [0.4, 0.5) is 0 Å². The summed E-state index contributed by atoms with van der Waals surface area (Å²) < 4.78 is 0. The number of carbonyl (C=O) groups is 1. The van der Waals surface area contributed by atoms with E-state index in [1.807, 2.05) is 30.3 Å². The van der Waals surface area contributed by atoms with Gasteiger partial charge in [-0.25, -0.2) is 0 Å². The highest BCUT2D eigenvalue weighted by atomic mass is 16.1. The van der Waals surface area contributed by atoms with Gasteiger partial charge in [-0.3, -0.25) is 4.79 Å². The van der Waals surface area contributed by atoms with Crippen LogP contribution in [0.1, 0.15) is 50.4 Å². The summed E-state index contributed by atoms with van der Waals surface area (Å²) in [6.45, 7) is 7.36. The van der Waals surface area contributed by atoms with Crippen LogP contribution in [0.5, 0.6) is 0 Å². The van der Waals surface area contributed by atoms with Crippen LogP contribution in [0.25, 0.3) is 0 Å². The Bertz CT molecular complexity index is 364. The fourth-order valence-electron chi connectivity index (χ4n) is 2.29. The Labute approximate surface area is 111 Å². The molecule has 0 heterocycles. The molecule has 0 aliphatic heterocycles. The van der Waals surface area contributed by atoms with E-state index in [0.717, 1.165) is 18.4 Å². The molecule has 0 aliphatic carbocycles. The van der Waals surface area contributed by atoms with E-state index in [-0.39, 0.29) is 11.2 Å². The van der Waals surface area contributed by atoms with Gasteiger partial charge in [-0.1, -0.05) is 51.1 Å². The molecule has 1 unspecified atom stereocenters. The number of hydrogen-bond acceptors (Lipinski definition) is 2. The Morgan fingerprint density at radius 3 is 2.28 bits per heavy atom. The van der Waals surface area contributed by atoms with Crippen molar-refractivity contribution in [1.29, 1.82) is 0 Å². The first kappa shape index (κ1) is 14.9. The van der Waals surface area contributed by atoms with Crippen LogP contribution in [0.15, 0.2) is 30.3 Å². The summed E-state index contributed by atoms with van der Waals surface area (Å²) in [5.41, 5.74) is 6.69. The first-order valence-electron chi connectivity index (χ1n) is 6.73. The molecule has 1 rings (SSSR count). The van der Waals surface area contributed by atoms with Gasteiger partial charge in [0.2, 0.25) is 0 Å². The van der Waals surface area contributed by atoms with E-state index in [0.29, 0.717) is 18.9 Å². The summed E-state index contributed by atoms with van der Waals surface area (Å²) in [5, 5.41) is 0. The molecule has 1 aromatic carbocycles. The number of Topliss-reactive ketones (excluding diaryl/α,β-unsaturated/α-hetero) is 1. The number of rotatable bonds is 6. The quantitative estimate of drug-likeness (QED) is 0.780. The van der Waals surface area contributed by atoms with Crippen molar-refractivity contribution in [2.24, 2.45) is 17.1 Å². The summed E-state index contributed by atoms with van der Waals surface area (Å²) in [4.78, 5) is 12.0. The van der Waals surface area contributed by atoms with Crippen molar-refractivity contribution in [3.63, 3.8) is 0 Å². The SMILES string of the molecule is CC(C)(C)C(CCN)CCC(=O)c1ccccc1. The third kappa shape index (κ3) is 4.61. The molecule has 0 aromatic heterocycles. The molecule has 1 atom stereocenters. The van der Waals surface area contributed by atoms with Crippen LogP contribution >= 0.6 is 0 Å². The van der Waals surface area contributed by atoms with Gasteiger partial charge in [-0.15, -0.1) is 0 Å². The van der Waals surface area contributed by atoms with E-state index in [9.17, 15) is 4.79 Å². The molecule has 18 heavy (non-hydrogen) atoms. The second-order valence-electron chi connectivity index (χ2n) is 5.97. The van der Waals surface area contributed by atoms with E-state index >= 15 is 0 Å². The molecular formula is C16H25NO. The molecule has 1 aromatic rings. The zero-order valence-electron chi connectivity index (χ0n) is 11.8. The maximum Gasteiger partial charge on any atom is 0.162 e. The Kier molecular flexibility index (Phi) is 5.54. The lowest BCUT2D eigenvalue weighted by molar-refractivity contribution is 0.0958. The van der Waals surface area contributed by atoms with Crippen LogP contribution in [-0.2, 0) is 0 Å². The van der Waals surface area contributed by atoms with Crippen LogP contribution in [0.3, 0.4) is 0 Å². The van der Waals surface area contributed by atoms with E-state index in [1.165, 1.54) is 0 Å². The lowest BCUT2D eigenvalue weighted by Crippen LogP contribution is -2.24. The van der Waals surface area contributed by atoms with Gasteiger partial charge in [0.25, 0.3) is 0 Å². The normalized spacial score (nSPS) is 13.3. The van der Waals surface area contributed by atoms with Crippen LogP contribution in [0.2, 0.25) is 0 Å². The zero-order chi connectivity index (χ0) is 13.6. The lowest BCUT2D eigenvalue weighted by atomic mass is 9.76.